The number of aromatic nitrogens is 5. The Morgan fingerprint density at radius 2 is 1.77 bits per heavy atom. The molecule has 15 nitrogen and oxygen atoms in total. The third kappa shape index (κ3) is 5.51. The fraction of sp³-hybridized carbons (Fsp3) is 0.286. The number of cyclic esters (lactones) is 1. The van der Waals surface area contributed by atoms with Crippen LogP contribution in [0, 0.1) is 0 Å². The predicted molar refractivity (Wildman–Crippen MR) is 206 cm³/mol. The minimum atomic E-state index is -1.92. The van der Waals surface area contributed by atoms with Gasteiger partial charge in [-0.25, -0.2) is 29.0 Å². The lowest BCUT2D eigenvalue weighted by atomic mass is 9.86. The van der Waals surface area contributed by atoms with Crippen LogP contribution in [0.3, 0.4) is 0 Å². The number of aliphatic hydroxyl groups is 1. The molecule has 3 aromatic heterocycles. The number of nitrogens with zero attached hydrogens (tertiary/aromatic N) is 5. The lowest BCUT2D eigenvalue weighted by Crippen LogP contribution is -2.44. The lowest BCUT2D eigenvalue weighted by molar-refractivity contribution is -0.172. The largest absolute Gasteiger partial charge is 0.508 e. The first-order chi connectivity index (χ1) is 27.4. The van der Waals surface area contributed by atoms with Crippen molar-refractivity contribution in [2.75, 3.05) is 6.54 Å². The monoisotopic (exact) mass is 770 g/mol. The second-order valence-electron chi connectivity index (χ2n) is 14.6. The molecule has 6 aromatic rings. The normalized spacial score (nSPS) is 16.8. The lowest BCUT2D eigenvalue weighted by Gasteiger charge is -2.31. The zero-order chi connectivity index (χ0) is 39.9. The number of phenolic OH excluding ortho intramolecular Hbond substituents is 2. The molecule has 0 bridgehead atoms. The number of esters is 1. The van der Waals surface area contributed by atoms with Crippen molar-refractivity contribution in [1.82, 2.24) is 29.2 Å². The van der Waals surface area contributed by atoms with E-state index in [4.69, 9.17) is 14.5 Å². The van der Waals surface area contributed by atoms with Gasteiger partial charge in [0.25, 0.3) is 5.56 Å². The number of ether oxygens (including phenoxy) is 2. The van der Waals surface area contributed by atoms with E-state index in [9.17, 15) is 34.5 Å². The van der Waals surface area contributed by atoms with Crippen LogP contribution < -0.4 is 16.0 Å². The van der Waals surface area contributed by atoms with Gasteiger partial charge >= 0.3 is 17.8 Å². The summed E-state index contributed by atoms with van der Waals surface area (Å²) in [5.74, 6) is -0.558. The predicted octanol–water partition coefficient (Wildman–Crippen LogP) is 4.71. The molecule has 15 heteroatoms. The Bertz CT molecular complexity index is 2840. The number of aromatic hydroxyl groups is 2. The third-order valence-corrected chi connectivity index (χ3v) is 11.5. The summed E-state index contributed by atoms with van der Waals surface area (Å²) in [6.45, 7) is 6.21. The van der Waals surface area contributed by atoms with Crippen LogP contribution in [0.4, 0.5) is 4.79 Å². The first-order valence-electron chi connectivity index (χ1n) is 18.9. The molecule has 3 aliphatic rings. The van der Waals surface area contributed by atoms with Gasteiger partial charge in [-0.1, -0.05) is 26.8 Å². The van der Waals surface area contributed by atoms with Gasteiger partial charge in [-0.05, 0) is 90.4 Å². The summed E-state index contributed by atoms with van der Waals surface area (Å²) in [7, 11) is 0. The molecule has 0 saturated heterocycles. The van der Waals surface area contributed by atoms with E-state index in [0.29, 0.717) is 59.7 Å². The molecule has 0 spiro atoms. The molecule has 3 aliphatic heterocycles. The van der Waals surface area contributed by atoms with Crippen molar-refractivity contribution < 1.29 is 34.4 Å². The maximum absolute atomic E-state index is 13.7. The van der Waals surface area contributed by atoms with E-state index in [0.717, 1.165) is 27.6 Å². The van der Waals surface area contributed by atoms with Crippen LogP contribution in [0.15, 0.2) is 64.2 Å². The molecule has 0 aliphatic carbocycles. The molecule has 1 atom stereocenters. The highest BCUT2D eigenvalue weighted by Crippen LogP contribution is 2.41. The van der Waals surface area contributed by atoms with Crippen LogP contribution in [-0.2, 0) is 54.1 Å². The molecule has 1 unspecified atom stereocenters. The molecule has 6 heterocycles. The van der Waals surface area contributed by atoms with E-state index >= 15 is 0 Å². The van der Waals surface area contributed by atoms with E-state index < -0.39 is 23.4 Å². The fourth-order valence-corrected chi connectivity index (χ4v) is 8.41. The highest BCUT2D eigenvalue weighted by Gasteiger charge is 2.45. The number of benzene rings is 3. The Balaban J connectivity index is 0.994. The molecular weight excluding hydrogens is 732 g/mol. The Kier molecular flexibility index (Phi) is 8.32. The van der Waals surface area contributed by atoms with Crippen LogP contribution in [-0.4, -0.2) is 63.1 Å². The molecule has 57 heavy (non-hydrogen) atoms. The van der Waals surface area contributed by atoms with E-state index in [1.165, 1.54) is 10.6 Å². The van der Waals surface area contributed by atoms with Gasteiger partial charge in [0, 0.05) is 35.7 Å². The molecule has 9 rings (SSSR count). The number of H-pyrrole nitrogens is 1. The summed E-state index contributed by atoms with van der Waals surface area (Å²) in [5.41, 5.74) is 4.44. The molecule has 1 amide bonds. The third-order valence-electron chi connectivity index (χ3n) is 11.5. The first-order valence-corrected chi connectivity index (χ1v) is 18.9. The minimum absolute atomic E-state index is 0.0495. The van der Waals surface area contributed by atoms with Crippen molar-refractivity contribution in [1.29, 1.82) is 0 Å². The standard InChI is InChI=1S/C42H38N6O9/c1-4-21-14-28(35(50)17-34(21)49)37-44-45-40(53)48(37)24-8-7-22-11-12-46(18-23(22)13-24)41(54)57-25-9-10-32-27(15-25)26(5-2)29-19-47-33(36(29)43-32)16-31-30(38(47)51)20-56-39(52)42(31,55)6-3/h7-10,13-17,49-50,55H,4-6,11-12,18-20H2,1-3H3,(H,45,53). The number of fused-ring (bicyclic) bond motifs is 6. The average Bonchev–Trinajstić information content (AvgIpc) is 3.78. The maximum Gasteiger partial charge on any atom is 0.415 e. The van der Waals surface area contributed by atoms with Crippen molar-refractivity contribution in [3.8, 4) is 45.7 Å². The van der Waals surface area contributed by atoms with E-state index in [-0.39, 0.29) is 65.7 Å². The van der Waals surface area contributed by atoms with Gasteiger partial charge < -0.3 is 34.3 Å². The van der Waals surface area contributed by atoms with Crippen molar-refractivity contribution >= 4 is 23.0 Å². The van der Waals surface area contributed by atoms with E-state index in [1.54, 1.807) is 52.8 Å². The quantitative estimate of drug-likeness (QED) is 0.171. The van der Waals surface area contributed by atoms with E-state index in [2.05, 4.69) is 10.2 Å². The highest BCUT2D eigenvalue weighted by molar-refractivity contribution is 5.90. The number of rotatable bonds is 6. The molecule has 0 saturated carbocycles. The Labute approximate surface area is 324 Å². The average molecular weight is 771 g/mol. The number of carbonyl (C=O) groups is 2. The molecule has 290 valence electrons. The fourth-order valence-electron chi connectivity index (χ4n) is 8.41. The van der Waals surface area contributed by atoms with Gasteiger partial charge in [-0.2, -0.15) is 5.10 Å². The first kappa shape index (κ1) is 35.9. The van der Waals surface area contributed by atoms with Gasteiger partial charge in [-0.3, -0.25) is 4.79 Å². The van der Waals surface area contributed by atoms with Gasteiger partial charge in [0.05, 0.1) is 40.3 Å². The Morgan fingerprint density at radius 1 is 0.947 bits per heavy atom. The summed E-state index contributed by atoms with van der Waals surface area (Å²) in [6.07, 6.45) is 1.16. The molecule has 3 aromatic carbocycles. The van der Waals surface area contributed by atoms with Crippen LogP contribution in [0.2, 0.25) is 0 Å². The second kappa shape index (κ2) is 13.2. The van der Waals surface area contributed by atoms with Gasteiger partial charge in [0.1, 0.15) is 23.9 Å². The van der Waals surface area contributed by atoms with Gasteiger partial charge in [-0.15, -0.1) is 0 Å². The topological polar surface area (TPSA) is 202 Å². The number of hydrogen-bond acceptors (Lipinski definition) is 11. The second-order valence-corrected chi connectivity index (χ2v) is 14.6. The van der Waals surface area contributed by atoms with Gasteiger partial charge in [0.15, 0.2) is 11.4 Å². The molecule has 0 radical (unpaired) electrons. The SMILES string of the molecule is CCc1cc(-c2n[nH]c(=O)n2-c2ccc3c(c2)CN(C(=O)Oc2ccc4nc5c(c(CC)c4c2)Cn2c-5cc4c(c2=O)COC(=O)C4(O)CC)CC3)c(O)cc1O. The number of pyridine rings is 2. The number of nitrogens with one attached hydrogen (secondary N) is 1. The van der Waals surface area contributed by atoms with Crippen molar-refractivity contribution in [3.63, 3.8) is 0 Å². The summed E-state index contributed by atoms with van der Waals surface area (Å²) in [5, 5.41) is 39.6. The number of aryl methyl sites for hydroxylation is 2. The maximum atomic E-state index is 13.7. The number of carbonyl (C=O) groups excluding carboxylic acids is 2. The van der Waals surface area contributed by atoms with Gasteiger partial charge in [0.2, 0.25) is 0 Å². The minimum Gasteiger partial charge on any atom is -0.508 e. The van der Waals surface area contributed by atoms with Crippen molar-refractivity contribution in [2.24, 2.45) is 0 Å². The number of hydrogen-bond donors (Lipinski definition) is 4. The van der Waals surface area contributed by atoms with Crippen molar-refractivity contribution in [3.05, 3.63) is 114 Å². The molecule has 0 fully saturated rings. The Hall–Kier alpha value is -6.74. The summed E-state index contributed by atoms with van der Waals surface area (Å²) >= 11 is 0. The summed E-state index contributed by atoms with van der Waals surface area (Å²) in [4.78, 5) is 59.6. The highest BCUT2D eigenvalue weighted by atomic mass is 16.6. The van der Waals surface area contributed by atoms with Crippen LogP contribution in [0.5, 0.6) is 17.2 Å². The van der Waals surface area contributed by atoms with Crippen LogP contribution in [0.1, 0.15) is 66.1 Å². The summed E-state index contributed by atoms with van der Waals surface area (Å²) < 4.78 is 14.1. The molecule has 4 N–H and O–H groups in total. The van der Waals surface area contributed by atoms with Crippen LogP contribution >= 0.6 is 0 Å². The van der Waals surface area contributed by atoms with E-state index in [1.807, 2.05) is 26.0 Å². The number of aromatic amines is 1. The van der Waals surface area contributed by atoms with Crippen LogP contribution in [0.25, 0.3) is 39.4 Å². The Morgan fingerprint density at radius 3 is 2.54 bits per heavy atom. The smallest absolute Gasteiger partial charge is 0.415 e. The number of amides is 1. The summed E-state index contributed by atoms with van der Waals surface area (Å²) in [6, 6.07) is 15.3. The zero-order valence-electron chi connectivity index (χ0n) is 31.4. The number of phenols is 2. The molecular formula is C42H38N6O9. The van der Waals surface area contributed by atoms with Crippen molar-refractivity contribution in [2.45, 2.75) is 71.8 Å². The zero-order valence-corrected chi connectivity index (χ0v) is 31.4.